The van der Waals surface area contributed by atoms with E-state index in [1.54, 1.807) is 0 Å². The van der Waals surface area contributed by atoms with Gasteiger partial charge in [0.15, 0.2) is 0 Å². The third kappa shape index (κ3) is 3.36. The lowest BCUT2D eigenvalue weighted by Crippen LogP contribution is -2.34. The second-order valence-corrected chi connectivity index (χ2v) is 5.11. The highest BCUT2D eigenvalue weighted by molar-refractivity contribution is 5.85. The van der Waals surface area contributed by atoms with E-state index in [0.29, 0.717) is 6.61 Å². The lowest BCUT2D eigenvalue weighted by Gasteiger charge is -2.20. The molecule has 2 aromatic carbocycles. The maximum Gasteiger partial charge on any atom is 0.327 e. The molecule has 0 aliphatic heterocycles. The summed E-state index contributed by atoms with van der Waals surface area (Å²) in [6.07, 6.45) is 0. The molecule has 1 N–H and O–H groups in total. The van der Waals surface area contributed by atoms with Crippen LogP contribution in [0.4, 0.5) is 0 Å². The summed E-state index contributed by atoms with van der Waals surface area (Å²) in [5, 5.41) is 5.57. The van der Waals surface area contributed by atoms with Crippen LogP contribution in [0, 0.1) is 0 Å². The number of ether oxygens (including phenoxy) is 1. The number of carbonyl (C=O) groups excluding carboxylic acids is 1. The van der Waals surface area contributed by atoms with Crippen molar-refractivity contribution in [3.05, 3.63) is 48.0 Å². The van der Waals surface area contributed by atoms with Crippen LogP contribution in [0.2, 0.25) is 0 Å². The maximum absolute atomic E-state index is 12.1. The van der Waals surface area contributed by atoms with Crippen LogP contribution in [0.5, 0.6) is 0 Å². The Hall–Kier alpha value is -1.87. The molecule has 0 bridgehead atoms. The molecule has 106 valence electrons. The number of hydrogen-bond acceptors (Lipinski definition) is 3. The van der Waals surface area contributed by atoms with E-state index in [1.807, 2.05) is 51.1 Å². The summed E-state index contributed by atoms with van der Waals surface area (Å²) in [4.78, 5) is 12.1. The summed E-state index contributed by atoms with van der Waals surface area (Å²) in [6, 6.07) is 14.0. The first-order valence-electron chi connectivity index (χ1n) is 7.03. The summed E-state index contributed by atoms with van der Waals surface area (Å²) in [5.74, 6) is -0.225. The number of benzene rings is 2. The van der Waals surface area contributed by atoms with Gasteiger partial charge in [0.1, 0.15) is 6.04 Å². The van der Waals surface area contributed by atoms with Crippen molar-refractivity contribution in [2.45, 2.75) is 32.9 Å². The van der Waals surface area contributed by atoms with Crippen LogP contribution in [0.15, 0.2) is 42.5 Å². The van der Waals surface area contributed by atoms with Crippen LogP contribution in [0.25, 0.3) is 10.8 Å². The molecule has 20 heavy (non-hydrogen) atoms. The molecular formula is C17H21NO2. The number of hydrogen-bond donors (Lipinski definition) is 1. The van der Waals surface area contributed by atoms with Gasteiger partial charge >= 0.3 is 5.97 Å². The van der Waals surface area contributed by atoms with Crippen LogP contribution in [-0.2, 0) is 9.53 Å². The van der Waals surface area contributed by atoms with Crippen molar-refractivity contribution in [3.63, 3.8) is 0 Å². The molecule has 0 amide bonds. The Morgan fingerprint density at radius 3 is 2.50 bits per heavy atom. The van der Waals surface area contributed by atoms with Crippen molar-refractivity contribution < 1.29 is 9.53 Å². The quantitative estimate of drug-likeness (QED) is 0.847. The predicted octanol–water partition coefficient (Wildman–Crippen LogP) is 3.44. The highest BCUT2D eigenvalue weighted by Crippen LogP contribution is 2.22. The number of esters is 1. The van der Waals surface area contributed by atoms with Gasteiger partial charge in [-0.1, -0.05) is 36.4 Å². The SMILES string of the molecule is CCOC(=O)C(NC(C)C)c1ccc2ccccc2c1. The molecule has 0 saturated carbocycles. The molecule has 0 radical (unpaired) electrons. The van der Waals surface area contributed by atoms with Gasteiger partial charge in [-0.2, -0.15) is 0 Å². The van der Waals surface area contributed by atoms with Crippen molar-refractivity contribution in [2.24, 2.45) is 0 Å². The summed E-state index contributed by atoms with van der Waals surface area (Å²) in [5.41, 5.74) is 0.941. The molecule has 0 aromatic heterocycles. The molecule has 0 aliphatic carbocycles. The molecule has 1 atom stereocenters. The van der Waals surface area contributed by atoms with Gasteiger partial charge in [0.2, 0.25) is 0 Å². The van der Waals surface area contributed by atoms with Gasteiger partial charge in [0, 0.05) is 6.04 Å². The number of rotatable bonds is 5. The van der Waals surface area contributed by atoms with E-state index < -0.39 is 6.04 Å². The summed E-state index contributed by atoms with van der Waals surface area (Å²) in [7, 11) is 0. The molecule has 1 unspecified atom stereocenters. The number of nitrogens with one attached hydrogen (secondary N) is 1. The Labute approximate surface area is 119 Å². The Balaban J connectivity index is 2.36. The van der Waals surface area contributed by atoms with Crippen LogP contribution < -0.4 is 5.32 Å². The lowest BCUT2D eigenvalue weighted by atomic mass is 10.0. The molecular weight excluding hydrogens is 250 g/mol. The fourth-order valence-corrected chi connectivity index (χ4v) is 2.25. The second-order valence-electron chi connectivity index (χ2n) is 5.11. The van der Waals surface area contributed by atoms with Gasteiger partial charge < -0.3 is 4.74 Å². The molecule has 2 rings (SSSR count). The zero-order valence-electron chi connectivity index (χ0n) is 12.2. The standard InChI is InChI=1S/C17H21NO2/c1-4-20-17(19)16(18-12(2)3)15-10-9-13-7-5-6-8-14(13)11-15/h5-12,16,18H,4H2,1-3H3. The fraction of sp³-hybridized carbons (Fsp3) is 0.353. The van der Waals surface area contributed by atoms with E-state index in [9.17, 15) is 4.79 Å². The molecule has 3 nitrogen and oxygen atoms in total. The summed E-state index contributed by atoms with van der Waals surface area (Å²) >= 11 is 0. The van der Waals surface area contributed by atoms with Crippen LogP contribution in [-0.4, -0.2) is 18.6 Å². The molecule has 0 aliphatic rings. The van der Waals surface area contributed by atoms with Crippen molar-refractivity contribution in [1.29, 1.82) is 0 Å². The molecule has 0 heterocycles. The van der Waals surface area contributed by atoms with Crippen molar-refractivity contribution in [3.8, 4) is 0 Å². The van der Waals surface area contributed by atoms with Gasteiger partial charge in [-0.25, -0.2) is 4.79 Å². The van der Waals surface area contributed by atoms with Crippen LogP contribution in [0.3, 0.4) is 0 Å². The van der Waals surface area contributed by atoms with Crippen LogP contribution >= 0.6 is 0 Å². The van der Waals surface area contributed by atoms with E-state index >= 15 is 0 Å². The van der Waals surface area contributed by atoms with Gasteiger partial charge in [-0.05, 0) is 43.2 Å². The van der Waals surface area contributed by atoms with E-state index in [4.69, 9.17) is 4.74 Å². The normalized spacial score (nSPS) is 12.6. The smallest absolute Gasteiger partial charge is 0.327 e. The monoisotopic (exact) mass is 271 g/mol. The van der Waals surface area contributed by atoms with Gasteiger partial charge in [0.05, 0.1) is 6.61 Å². The average Bonchev–Trinajstić information content (AvgIpc) is 2.44. The Morgan fingerprint density at radius 1 is 1.15 bits per heavy atom. The zero-order chi connectivity index (χ0) is 14.5. The minimum atomic E-state index is -0.417. The molecule has 0 saturated heterocycles. The first-order chi connectivity index (χ1) is 9.61. The average molecular weight is 271 g/mol. The van der Waals surface area contributed by atoms with E-state index in [2.05, 4.69) is 17.4 Å². The third-order valence-corrected chi connectivity index (χ3v) is 3.13. The van der Waals surface area contributed by atoms with Crippen LogP contribution in [0.1, 0.15) is 32.4 Å². The lowest BCUT2D eigenvalue weighted by molar-refractivity contribution is -0.146. The Morgan fingerprint density at radius 2 is 1.85 bits per heavy atom. The van der Waals surface area contributed by atoms with Gasteiger partial charge in [-0.3, -0.25) is 5.32 Å². The Kier molecular flexibility index (Phi) is 4.74. The van der Waals surface area contributed by atoms with Crippen molar-refractivity contribution >= 4 is 16.7 Å². The summed E-state index contributed by atoms with van der Waals surface area (Å²) in [6.45, 7) is 6.26. The van der Waals surface area contributed by atoms with Crippen molar-refractivity contribution in [2.75, 3.05) is 6.61 Å². The van der Waals surface area contributed by atoms with E-state index in [0.717, 1.165) is 10.9 Å². The third-order valence-electron chi connectivity index (χ3n) is 3.13. The fourth-order valence-electron chi connectivity index (χ4n) is 2.25. The van der Waals surface area contributed by atoms with Gasteiger partial charge in [0.25, 0.3) is 0 Å². The van der Waals surface area contributed by atoms with Gasteiger partial charge in [-0.15, -0.1) is 0 Å². The topological polar surface area (TPSA) is 38.3 Å². The Bertz CT molecular complexity index is 592. The van der Waals surface area contributed by atoms with E-state index in [1.165, 1.54) is 5.39 Å². The minimum Gasteiger partial charge on any atom is -0.465 e. The summed E-state index contributed by atoms with van der Waals surface area (Å²) < 4.78 is 5.17. The van der Waals surface area contributed by atoms with Crippen molar-refractivity contribution in [1.82, 2.24) is 5.32 Å². The molecule has 0 fully saturated rings. The first kappa shape index (κ1) is 14.5. The first-order valence-corrected chi connectivity index (χ1v) is 7.03. The predicted molar refractivity (Wildman–Crippen MR) is 81.6 cm³/mol. The molecule has 2 aromatic rings. The minimum absolute atomic E-state index is 0.205. The molecule has 0 spiro atoms. The largest absolute Gasteiger partial charge is 0.465 e. The second kappa shape index (κ2) is 6.53. The highest BCUT2D eigenvalue weighted by Gasteiger charge is 2.22. The highest BCUT2D eigenvalue weighted by atomic mass is 16.5. The molecule has 3 heteroatoms. The van der Waals surface area contributed by atoms with E-state index in [-0.39, 0.29) is 12.0 Å². The zero-order valence-corrected chi connectivity index (χ0v) is 12.2. The maximum atomic E-state index is 12.1. The number of fused-ring (bicyclic) bond motifs is 1. The number of carbonyl (C=O) groups is 1.